The molecule has 0 aliphatic rings. The molecule has 0 bridgehead atoms. The van der Waals surface area contributed by atoms with Crippen LogP contribution in [0.15, 0.2) is 77.9 Å². The lowest BCUT2D eigenvalue weighted by Gasteiger charge is -2.11. The topological polar surface area (TPSA) is 59.4 Å². The number of hydrogen-bond acceptors (Lipinski definition) is 5. The molecule has 144 valence electrons. The fraction of sp³-hybridized carbons (Fsp3) is 0.125. The van der Waals surface area contributed by atoms with Gasteiger partial charge in [-0.05, 0) is 36.9 Å². The third-order valence-corrected chi connectivity index (χ3v) is 4.49. The van der Waals surface area contributed by atoms with Crippen LogP contribution >= 0.6 is 0 Å². The summed E-state index contributed by atoms with van der Waals surface area (Å²) in [4.78, 5) is 8.69. The van der Waals surface area contributed by atoms with Crippen LogP contribution < -0.4 is 10.2 Å². The van der Waals surface area contributed by atoms with Crippen LogP contribution in [0, 0.1) is 13.8 Å². The molecule has 0 amide bonds. The molecule has 1 heterocycles. The van der Waals surface area contributed by atoms with Gasteiger partial charge in [0.15, 0.2) is 0 Å². The van der Waals surface area contributed by atoms with Crippen molar-refractivity contribution < 1.29 is 4.74 Å². The lowest BCUT2D eigenvalue weighted by Crippen LogP contribution is -2.00. The van der Waals surface area contributed by atoms with Gasteiger partial charge in [0.1, 0.15) is 12.4 Å². The molecular weight excluding hydrogens is 360 g/mol. The van der Waals surface area contributed by atoms with Crippen molar-refractivity contribution in [1.82, 2.24) is 9.97 Å². The molecule has 29 heavy (non-hydrogen) atoms. The molecule has 0 saturated carbocycles. The molecule has 0 spiro atoms. The third kappa shape index (κ3) is 4.58. The number of hydrazone groups is 1. The van der Waals surface area contributed by atoms with Gasteiger partial charge in [-0.2, -0.15) is 5.10 Å². The predicted molar refractivity (Wildman–Crippen MR) is 117 cm³/mol. The summed E-state index contributed by atoms with van der Waals surface area (Å²) in [6.07, 6.45) is 1.78. The van der Waals surface area contributed by atoms with E-state index in [1.165, 1.54) is 0 Å². The monoisotopic (exact) mass is 382 g/mol. The molecule has 0 radical (unpaired) electrons. The fourth-order valence-electron chi connectivity index (χ4n) is 3.23. The van der Waals surface area contributed by atoms with Gasteiger partial charge in [0.05, 0.1) is 6.21 Å². The van der Waals surface area contributed by atoms with Crippen molar-refractivity contribution in [1.29, 1.82) is 0 Å². The standard InChI is InChI=1S/C24H22N4O/c1-17-14-18(2)27-24(26-17)28-25-15-21-12-6-10-20-11-7-13-22(23(20)21)29-16-19-8-4-3-5-9-19/h3-15H,16H2,1-2H3,(H,26,27,28)/b25-15-. The first-order chi connectivity index (χ1) is 14.2. The molecule has 5 heteroatoms. The first-order valence-electron chi connectivity index (χ1n) is 9.49. The number of nitrogens with zero attached hydrogens (tertiary/aromatic N) is 3. The molecular formula is C24H22N4O. The zero-order valence-electron chi connectivity index (χ0n) is 16.5. The van der Waals surface area contributed by atoms with E-state index in [1.807, 2.05) is 62.4 Å². The minimum Gasteiger partial charge on any atom is -0.488 e. The van der Waals surface area contributed by atoms with E-state index in [9.17, 15) is 0 Å². The Balaban J connectivity index is 1.60. The van der Waals surface area contributed by atoms with E-state index >= 15 is 0 Å². The van der Waals surface area contributed by atoms with Crippen molar-refractivity contribution >= 4 is 22.9 Å². The molecule has 3 aromatic carbocycles. The number of rotatable bonds is 6. The molecule has 1 aromatic heterocycles. The van der Waals surface area contributed by atoms with Gasteiger partial charge >= 0.3 is 0 Å². The third-order valence-electron chi connectivity index (χ3n) is 4.49. The van der Waals surface area contributed by atoms with Gasteiger partial charge in [-0.25, -0.2) is 15.4 Å². The van der Waals surface area contributed by atoms with E-state index in [0.717, 1.165) is 39.0 Å². The van der Waals surface area contributed by atoms with Crippen LogP contribution in [0.4, 0.5) is 5.95 Å². The summed E-state index contributed by atoms with van der Waals surface area (Å²) in [5.74, 6) is 1.32. The highest BCUT2D eigenvalue weighted by molar-refractivity contribution is 6.03. The smallest absolute Gasteiger partial charge is 0.243 e. The second-order valence-electron chi connectivity index (χ2n) is 6.82. The predicted octanol–water partition coefficient (Wildman–Crippen LogP) is 5.27. The minimum absolute atomic E-state index is 0.486. The van der Waals surface area contributed by atoms with E-state index in [2.05, 4.69) is 44.8 Å². The van der Waals surface area contributed by atoms with Gasteiger partial charge in [-0.1, -0.05) is 60.7 Å². The van der Waals surface area contributed by atoms with Crippen molar-refractivity contribution in [3.05, 3.63) is 95.3 Å². The maximum absolute atomic E-state index is 6.14. The summed E-state index contributed by atoms with van der Waals surface area (Å²) < 4.78 is 6.14. The highest BCUT2D eigenvalue weighted by atomic mass is 16.5. The second-order valence-corrected chi connectivity index (χ2v) is 6.82. The average Bonchev–Trinajstić information content (AvgIpc) is 2.72. The largest absolute Gasteiger partial charge is 0.488 e. The molecule has 0 aliphatic heterocycles. The lowest BCUT2D eigenvalue weighted by atomic mass is 10.0. The molecule has 1 N–H and O–H groups in total. The lowest BCUT2D eigenvalue weighted by molar-refractivity contribution is 0.310. The Morgan fingerprint density at radius 3 is 2.38 bits per heavy atom. The summed E-state index contributed by atoms with van der Waals surface area (Å²) in [6.45, 7) is 4.38. The number of aromatic nitrogens is 2. The number of nitrogens with one attached hydrogen (secondary N) is 1. The molecule has 4 aromatic rings. The van der Waals surface area contributed by atoms with Gasteiger partial charge in [-0.3, -0.25) is 0 Å². The van der Waals surface area contributed by atoms with Crippen molar-refractivity contribution in [3.63, 3.8) is 0 Å². The SMILES string of the molecule is Cc1cc(C)nc(N/N=C\c2cccc3cccc(OCc4ccccc4)c23)n1. The molecule has 4 rings (SSSR count). The highest BCUT2D eigenvalue weighted by Gasteiger charge is 2.07. The number of aryl methyl sites for hydroxylation is 2. The Hall–Kier alpha value is -3.73. The second kappa shape index (κ2) is 8.52. The molecule has 0 fully saturated rings. The highest BCUT2D eigenvalue weighted by Crippen LogP contribution is 2.29. The van der Waals surface area contributed by atoms with Gasteiger partial charge < -0.3 is 4.74 Å². The number of benzene rings is 3. The van der Waals surface area contributed by atoms with E-state index < -0.39 is 0 Å². The number of ether oxygens (including phenoxy) is 1. The Kier molecular flexibility index (Phi) is 5.47. The molecule has 0 unspecified atom stereocenters. The van der Waals surface area contributed by atoms with Crippen LogP contribution in [0.1, 0.15) is 22.5 Å². The average molecular weight is 382 g/mol. The minimum atomic E-state index is 0.486. The zero-order chi connectivity index (χ0) is 20.1. The molecule has 0 aliphatic carbocycles. The van der Waals surface area contributed by atoms with Crippen molar-refractivity contribution in [3.8, 4) is 5.75 Å². The zero-order valence-corrected chi connectivity index (χ0v) is 16.5. The van der Waals surface area contributed by atoms with Crippen molar-refractivity contribution in [2.24, 2.45) is 5.10 Å². The van der Waals surface area contributed by atoms with Crippen LogP contribution in [0.25, 0.3) is 10.8 Å². The summed E-state index contributed by atoms with van der Waals surface area (Å²) in [6, 6.07) is 24.2. The van der Waals surface area contributed by atoms with Crippen LogP contribution in [0.5, 0.6) is 5.75 Å². The Morgan fingerprint density at radius 2 is 1.62 bits per heavy atom. The normalized spacial score (nSPS) is 11.1. The van der Waals surface area contributed by atoms with E-state index in [-0.39, 0.29) is 0 Å². The van der Waals surface area contributed by atoms with Crippen molar-refractivity contribution in [2.45, 2.75) is 20.5 Å². The van der Waals surface area contributed by atoms with Crippen LogP contribution in [0.2, 0.25) is 0 Å². The van der Waals surface area contributed by atoms with Gasteiger partial charge in [0.2, 0.25) is 5.95 Å². The number of hydrogen-bond donors (Lipinski definition) is 1. The Morgan fingerprint density at radius 1 is 0.897 bits per heavy atom. The van der Waals surface area contributed by atoms with Gasteiger partial charge in [0.25, 0.3) is 0 Å². The molecule has 0 saturated heterocycles. The maximum atomic E-state index is 6.14. The van der Waals surface area contributed by atoms with E-state index in [1.54, 1.807) is 6.21 Å². The summed E-state index contributed by atoms with van der Waals surface area (Å²) in [5, 5.41) is 6.47. The van der Waals surface area contributed by atoms with E-state index in [4.69, 9.17) is 4.74 Å². The van der Waals surface area contributed by atoms with Crippen LogP contribution in [-0.4, -0.2) is 16.2 Å². The number of fused-ring (bicyclic) bond motifs is 1. The molecule has 0 atom stereocenters. The van der Waals surface area contributed by atoms with Crippen LogP contribution in [0.3, 0.4) is 0 Å². The van der Waals surface area contributed by atoms with Gasteiger partial charge in [-0.15, -0.1) is 0 Å². The first kappa shape index (κ1) is 18.6. The summed E-state index contributed by atoms with van der Waals surface area (Å²) in [5.41, 5.74) is 6.81. The van der Waals surface area contributed by atoms with Crippen LogP contribution in [-0.2, 0) is 6.61 Å². The fourth-order valence-corrected chi connectivity index (χ4v) is 3.23. The quantitative estimate of drug-likeness (QED) is 0.364. The van der Waals surface area contributed by atoms with Crippen molar-refractivity contribution in [2.75, 3.05) is 5.43 Å². The van der Waals surface area contributed by atoms with Gasteiger partial charge in [0, 0.05) is 22.3 Å². The Bertz CT molecular complexity index is 1130. The van der Waals surface area contributed by atoms with E-state index in [0.29, 0.717) is 12.6 Å². The first-order valence-corrected chi connectivity index (χ1v) is 9.49. The summed E-state index contributed by atoms with van der Waals surface area (Å²) >= 11 is 0. The number of anilines is 1. The maximum Gasteiger partial charge on any atom is 0.243 e. The Labute approximate surface area is 170 Å². The molecule has 5 nitrogen and oxygen atoms in total. The summed E-state index contributed by atoms with van der Waals surface area (Å²) in [7, 11) is 0.